The molecule has 5 aromatic rings. The van der Waals surface area contributed by atoms with Crippen LogP contribution in [0, 0.1) is 5.82 Å². The van der Waals surface area contributed by atoms with E-state index in [1.807, 2.05) is 22.9 Å². The van der Waals surface area contributed by atoms with Crippen molar-refractivity contribution in [2.75, 3.05) is 6.61 Å². The van der Waals surface area contributed by atoms with Crippen molar-refractivity contribution >= 4 is 28.7 Å². The van der Waals surface area contributed by atoms with Gasteiger partial charge in [-0.25, -0.2) is 23.8 Å². The van der Waals surface area contributed by atoms with Crippen LogP contribution >= 0.6 is 11.6 Å². The molecule has 0 amide bonds. The Morgan fingerprint density at radius 3 is 2.78 bits per heavy atom. The first-order valence-corrected chi connectivity index (χ1v) is 13.6. The van der Waals surface area contributed by atoms with Gasteiger partial charge in [0.05, 0.1) is 18.3 Å². The molecule has 2 aliphatic rings. The Labute approximate surface area is 238 Å². The minimum absolute atomic E-state index is 0.0113. The number of aromatic nitrogens is 6. The van der Waals surface area contributed by atoms with Gasteiger partial charge < -0.3 is 19.1 Å². The number of imidazole rings is 1. The molecule has 2 fully saturated rings. The number of hydrogen-bond acceptors (Lipinski definition) is 7. The molecule has 12 heteroatoms. The van der Waals surface area contributed by atoms with Crippen molar-refractivity contribution < 1.29 is 23.8 Å². The predicted molar refractivity (Wildman–Crippen MR) is 146 cm³/mol. The summed E-state index contributed by atoms with van der Waals surface area (Å²) >= 11 is 5.83. The number of halogens is 2. The first-order chi connectivity index (χ1) is 19.9. The number of carboxylic acid groups (broad SMARTS) is 1. The first kappa shape index (κ1) is 25.6. The summed E-state index contributed by atoms with van der Waals surface area (Å²) in [6.45, 7) is 1.32. The summed E-state index contributed by atoms with van der Waals surface area (Å²) in [6.07, 6.45) is 3.72. The van der Waals surface area contributed by atoms with Gasteiger partial charge in [0.2, 0.25) is 5.88 Å². The van der Waals surface area contributed by atoms with Crippen molar-refractivity contribution in [1.29, 1.82) is 0 Å². The van der Waals surface area contributed by atoms with E-state index in [-0.39, 0.29) is 30.2 Å². The predicted octanol–water partition coefficient (Wildman–Crippen LogP) is 5.14. The van der Waals surface area contributed by atoms with Gasteiger partial charge in [0, 0.05) is 41.3 Å². The molecule has 4 aromatic heterocycles. The number of nitrogens with zero attached hydrogens (tertiary/aromatic N) is 6. The minimum atomic E-state index is -1.07. The Morgan fingerprint density at radius 2 is 2.00 bits per heavy atom. The standard InChI is InChI=1S/C29H24ClFN6O4/c30-17-5-4-16(21(31)12-17)15-41-26-3-1-2-25(34-26)37-10-8-22(35-37)19-13-20(19)27-32-23-6-7-24(29(38)39)33-28(23)36(27)14-18-9-11-40-18/h1-8,10,12,18-20H,9,11,13-15H2,(H,38,39). The number of ether oxygens (including phenoxy) is 2. The highest BCUT2D eigenvalue weighted by Gasteiger charge is 2.45. The van der Waals surface area contributed by atoms with E-state index in [4.69, 9.17) is 31.2 Å². The third kappa shape index (κ3) is 5.02. The summed E-state index contributed by atoms with van der Waals surface area (Å²) < 4.78 is 29.2. The Hall–Kier alpha value is -4.35. The van der Waals surface area contributed by atoms with Crippen LogP contribution in [0.1, 0.15) is 52.2 Å². The molecule has 3 atom stereocenters. The first-order valence-electron chi connectivity index (χ1n) is 13.2. The van der Waals surface area contributed by atoms with Crippen LogP contribution in [0.2, 0.25) is 5.02 Å². The number of benzene rings is 1. The van der Waals surface area contributed by atoms with Gasteiger partial charge in [0.25, 0.3) is 0 Å². The van der Waals surface area contributed by atoms with Gasteiger partial charge in [-0.15, -0.1) is 0 Å². The molecule has 10 nitrogen and oxygen atoms in total. The van der Waals surface area contributed by atoms with Gasteiger partial charge in [0.1, 0.15) is 23.8 Å². The number of carboxylic acids is 1. The topological polar surface area (TPSA) is 117 Å². The second kappa shape index (κ2) is 10.2. The van der Waals surface area contributed by atoms with E-state index in [1.165, 1.54) is 12.1 Å². The third-order valence-corrected chi connectivity index (χ3v) is 7.70. The van der Waals surface area contributed by atoms with E-state index in [0.717, 1.165) is 31.0 Å². The van der Waals surface area contributed by atoms with Crippen molar-refractivity contribution in [3.05, 3.63) is 94.4 Å². The number of rotatable bonds is 9. The van der Waals surface area contributed by atoms with Crippen LogP contribution in [0.4, 0.5) is 4.39 Å². The number of aromatic carboxylic acids is 1. The van der Waals surface area contributed by atoms with E-state index >= 15 is 0 Å². The summed E-state index contributed by atoms with van der Waals surface area (Å²) in [5.41, 5.74) is 2.50. The average Bonchev–Trinajstić information content (AvgIpc) is 3.42. The molecule has 1 saturated heterocycles. The zero-order chi connectivity index (χ0) is 28.1. The Bertz CT molecular complexity index is 1780. The summed E-state index contributed by atoms with van der Waals surface area (Å²) in [6, 6.07) is 14.9. The fraction of sp³-hybridized carbons (Fsp3) is 0.276. The maximum absolute atomic E-state index is 14.1. The molecule has 0 radical (unpaired) electrons. The van der Waals surface area contributed by atoms with Gasteiger partial charge >= 0.3 is 5.97 Å². The SMILES string of the molecule is O=C(O)c1ccc2nc(C3CC3c3ccn(-c4cccc(OCc5ccc(Cl)cc5F)n4)n3)n(CC3CCO3)c2n1. The second-order valence-corrected chi connectivity index (χ2v) is 10.6. The molecule has 208 valence electrons. The maximum atomic E-state index is 14.1. The lowest BCUT2D eigenvalue weighted by molar-refractivity contribution is -0.0590. The van der Waals surface area contributed by atoms with Crippen molar-refractivity contribution in [3.8, 4) is 11.7 Å². The van der Waals surface area contributed by atoms with Crippen LogP contribution < -0.4 is 4.74 Å². The fourth-order valence-corrected chi connectivity index (χ4v) is 5.27. The molecule has 7 rings (SSSR count). The molecule has 0 bridgehead atoms. The van der Waals surface area contributed by atoms with Gasteiger partial charge in [-0.3, -0.25) is 0 Å². The van der Waals surface area contributed by atoms with Crippen LogP contribution in [-0.2, 0) is 17.9 Å². The van der Waals surface area contributed by atoms with E-state index in [2.05, 4.69) is 9.97 Å². The summed E-state index contributed by atoms with van der Waals surface area (Å²) in [5, 5.41) is 14.6. The highest BCUT2D eigenvalue weighted by atomic mass is 35.5. The summed E-state index contributed by atoms with van der Waals surface area (Å²) in [5.74, 6) is 0.555. The second-order valence-electron chi connectivity index (χ2n) is 10.2. The normalized spacial score (nSPS) is 19.7. The molecule has 41 heavy (non-hydrogen) atoms. The quantitative estimate of drug-likeness (QED) is 0.257. The van der Waals surface area contributed by atoms with Gasteiger partial charge in [-0.05, 0) is 49.2 Å². The van der Waals surface area contributed by atoms with Crippen molar-refractivity contribution in [3.63, 3.8) is 0 Å². The zero-order valence-corrected chi connectivity index (χ0v) is 22.4. The molecule has 1 aliphatic heterocycles. The zero-order valence-electron chi connectivity index (χ0n) is 21.7. The molecular formula is C29H24ClFN6O4. The van der Waals surface area contributed by atoms with Crippen LogP contribution in [-0.4, -0.2) is 53.1 Å². The molecule has 1 aromatic carbocycles. The summed E-state index contributed by atoms with van der Waals surface area (Å²) in [4.78, 5) is 25.3. The smallest absolute Gasteiger partial charge is 0.354 e. The maximum Gasteiger partial charge on any atom is 0.354 e. The monoisotopic (exact) mass is 574 g/mol. The van der Waals surface area contributed by atoms with Crippen LogP contribution in [0.25, 0.3) is 17.0 Å². The molecule has 1 saturated carbocycles. The Morgan fingerprint density at radius 1 is 1.12 bits per heavy atom. The lowest BCUT2D eigenvalue weighted by atomic mass is 10.2. The molecule has 5 heterocycles. The van der Waals surface area contributed by atoms with E-state index < -0.39 is 11.8 Å². The van der Waals surface area contributed by atoms with Crippen LogP contribution in [0.3, 0.4) is 0 Å². The largest absolute Gasteiger partial charge is 0.477 e. The Kier molecular flexibility index (Phi) is 6.40. The lowest BCUT2D eigenvalue weighted by Crippen LogP contribution is -2.31. The molecule has 1 aliphatic carbocycles. The molecule has 0 spiro atoms. The lowest BCUT2D eigenvalue weighted by Gasteiger charge is -2.27. The highest BCUT2D eigenvalue weighted by Crippen LogP contribution is 2.54. The van der Waals surface area contributed by atoms with Crippen molar-refractivity contribution in [2.45, 2.75) is 43.9 Å². The Balaban J connectivity index is 1.10. The highest BCUT2D eigenvalue weighted by molar-refractivity contribution is 6.30. The fourth-order valence-electron chi connectivity index (χ4n) is 5.11. The van der Waals surface area contributed by atoms with E-state index in [0.29, 0.717) is 40.0 Å². The molecule has 1 N–H and O–H groups in total. The van der Waals surface area contributed by atoms with Crippen LogP contribution in [0.5, 0.6) is 5.88 Å². The number of carbonyl (C=O) groups is 1. The number of fused-ring (bicyclic) bond motifs is 1. The van der Waals surface area contributed by atoms with Gasteiger partial charge in [-0.2, -0.15) is 10.1 Å². The van der Waals surface area contributed by atoms with Crippen molar-refractivity contribution in [1.82, 2.24) is 29.3 Å². The number of pyridine rings is 2. The molecule has 3 unspecified atom stereocenters. The third-order valence-electron chi connectivity index (χ3n) is 7.47. The summed E-state index contributed by atoms with van der Waals surface area (Å²) in [7, 11) is 0. The minimum Gasteiger partial charge on any atom is -0.477 e. The van der Waals surface area contributed by atoms with Crippen molar-refractivity contribution in [2.24, 2.45) is 0 Å². The average molecular weight is 575 g/mol. The number of hydrogen-bond donors (Lipinski definition) is 1. The van der Waals surface area contributed by atoms with E-state index in [1.54, 1.807) is 35.0 Å². The van der Waals surface area contributed by atoms with Gasteiger partial charge in [0.15, 0.2) is 17.2 Å². The molecular weight excluding hydrogens is 551 g/mol. The van der Waals surface area contributed by atoms with E-state index in [9.17, 15) is 14.3 Å². The van der Waals surface area contributed by atoms with Crippen LogP contribution in [0.15, 0.2) is 60.8 Å². The van der Waals surface area contributed by atoms with Gasteiger partial charge in [-0.1, -0.05) is 23.7 Å².